The van der Waals surface area contributed by atoms with Crippen LogP contribution < -0.4 is 0 Å². The van der Waals surface area contributed by atoms with Gasteiger partial charge in [-0.3, -0.25) is 4.79 Å². The van der Waals surface area contributed by atoms with E-state index in [1.165, 1.54) is 0 Å². The molecule has 0 radical (unpaired) electrons. The number of amides is 1. The summed E-state index contributed by atoms with van der Waals surface area (Å²) >= 11 is 0. The monoisotopic (exact) mass is 294 g/mol. The van der Waals surface area contributed by atoms with Crippen molar-refractivity contribution < 1.29 is 17.1 Å². The third-order valence-electron chi connectivity index (χ3n) is 3.09. The lowest BCUT2D eigenvalue weighted by Gasteiger charge is -2.32. The molecule has 19 heavy (non-hydrogen) atoms. The fourth-order valence-corrected chi connectivity index (χ4v) is 3.61. The molecule has 1 atom stereocenters. The highest BCUT2D eigenvalue weighted by Crippen LogP contribution is 2.25. The van der Waals surface area contributed by atoms with Gasteiger partial charge in [-0.1, -0.05) is 13.8 Å². The predicted octanol–water partition coefficient (Wildman–Crippen LogP) is 0.722. The van der Waals surface area contributed by atoms with Crippen LogP contribution in [-0.4, -0.2) is 63.6 Å². The molecule has 1 heterocycles. The highest BCUT2D eigenvalue weighted by atomic mass is 32.3. The van der Waals surface area contributed by atoms with Crippen LogP contribution >= 0.6 is 0 Å². The van der Waals surface area contributed by atoms with Gasteiger partial charge in [-0.2, -0.15) is 8.42 Å². The Morgan fingerprint density at radius 2 is 2.00 bits per heavy atom. The van der Waals surface area contributed by atoms with Crippen molar-refractivity contribution in [1.82, 2.24) is 9.80 Å². The van der Waals surface area contributed by atoms with Crippen molar-refractivity contribution in [2.45, 2.75) is 20.3 Å². The molecule has 0 aromatic rings. The third-order valence-corrected chi connectivity index (χ3v) is 3.96. The molecule has 1 aliphatic heterocycles. The number of halogens is 1. The predicted molar refractivity (Wildman–Crippen MR) is 71.9 cm³/mol. The Kier molecular flexibility index (Phi) is 4.95. The largest absolute Gasteiger partial charge is 0.342 e. The first-order valence-corrected chi connectivity index (χ1v) is 7.89. The van der Waals surface area contributed by atoms with Crippen LogP contribution in [0.5, 0.6) is 0 Å². The smallest absolute Gasteiger partial charge is 0.302 e. The van der Waals surface area contributed by atoms with Gasteiger partial charge in [0.2, 0.25) is 5.91 Å². The quantitative estimate of drug-likeness (QED) is 0.677. The SMILES string of the molecule is CN(C)CC(C)(C)CN1CC(CS(=O)(=O)F)CC1=O. The minimum absolute atomic E-state index is 0.0807. The average Bonchev–Trinajstić information content (AvgIpc) is 2.39. The molecule has 1 saturated heterocycles. The van der Waals surface area contributed by atoms with Crippen molar-refractivity contribution in [3.05, 3.63) is 0 Å². The van der Waals surface area contributed by atoms with Crippen LogP contribution in [0.15, 0.2) is 0 Å². The maximum Gasteiger partial charge on any atom is 0.302 e. The Bertz CT molecular complexity index is 434. The molecule has 1 rings (SSSR count). The van der Waals surface area contributed by atoms with Gasteiger partial charge in [-0.15, -0.1) is 3.89 Å². The normalized spacial score (nSPS) is 21.5. The zero-order valence-electron chi connectivity index (χ0n) is 12.0. The Morgan fingerprint density at radius 3 is 2.47 bits per heavy atom. The first kappa shape index (κ1) is 16.4. The Morgan fingerprint density at radius 1 is 1.42 bits per heavy atom. The summed E-state index contributed by atoms with van der Waals surface area (Å²) in [5.41, 5.74) is -0.0807. The summed E-state index contributed by atoms with van der Waals surface area (Å²) < 4.78 is 33.9. The lowest BCUT2D eigenvalue weighted by atomic mass is 9.92. The van der Waals surface area contributed by atoms with Crippen molar-refractivity contribution in [2.24, 2.45) is 11.3 Å². The number of carbonyl (C=O) groups is 1. The summed E-state index contributed by atoms with van der Waals surface area (Å²) in [4.78, 5) is 15.5. The van der Waals surface area contributed by atoms with Crippen molar-refractivity contribution in [3.8, 4) is 0 Å². The number of rotatable bonds is 6. The van der Waals surface area contributed by atoms with E-state index < -0.39 is 21.9 Å². The van der Waals surface area contributed by atoms with E-state index in [-0.39, 0.29) is 17.7 Å². The van der Waals surface area contributed by atoms with Crippen LogP contribution in [0.3, 0.4) is 0 Å². The Hall–Kier alpha value is -0.690. The average molecular weight is 294 g/mol. The molecule has 1 unspecified atom stereocenters. The van der Waals surface area contributed by atoms with Gasteiger partial charge < -0.3 is 9.80 Å². The van der Waals surface area contributed by atoms with E-state index in [0.717, 1.165) is 6.54 Å². The van der Waals surface area contributed by atoms with Crippen LogP contribution in [0.25, 0.3) is 0 Å². The molecular formula is C12H23FN2O3S. The fraction of sp³-hybridized carbons (Fsp3) is 0.917. The highest BCUT2D eigenvalue weighted by Gasteiger charge is 2.35. The molecular weight excluding hydrogens is 271 g/mol. The van der Waals surface area contributed by atoms with Gasteiger partial charge in [0.05, 0.1) is 5.75 Å². The van der Waals surface area contributed by atoms with E-state index >= 15 is 0 Å². The minimum Gasteiger partial charge on any atom is -0.342 e. The van der Waals surface area contributed by atoms with Crippen molar-refractivity contribution in [2.75, 3.05) is 39.5 Å². The zero-order chi connectivity index (χ0) is 14.8. The van der Waals surface area contributed by atoms with Gasteiger partial charge in [-0.25, -0.2) is 0 Å². The van der Waals surface area contributed by atoms with Crippen LogP contribution in [0.2, 0.25) is 0 Å². The molecule has 7 heteroatoms. The van der Waals surface area contributed by atoms with Crippen LogP contribution in [-0.2, 0) is 15.0 Å². The lowest BCUT2D eigenvalue weighted by Crippen LogP contribution is -2.41. The maximum absolute atomic E-state index is 12.6. The van der Waals surface area contributed by atoms with E-state index in [0.29, 0.717) is 13.1 Å². The molecule has 0 aromatic heterocycles. The van der Waals surface area contributed by atoms with Crippen LogP contribution in [0.1, 0.15) is 20.3 Å². The van der Waals surface area contributed by atoms with Crippen molar-refractivity contribution >= 4 is 16.1 Å². The second-order valence-electron chi connectivity index (χ2n) is 6.45. The molecule has 1 amide bonds. The second kappa shape index (κ2) is 5.75. The molecule has 1 fully saturated rings. The molecule has 0 N–H and O–H groups in total. The number of nitrogens with zero attached hydrogens (tertiary/aromatic N) is 2. The summed E-state index contributed by atoms with van der Waals surface area (Å²) in [5.74, 6) is -1.05. The van der Waals surface area contributed by atoms with Crippen molar-refractivity contribution in [1.29, 1.82) is 0 Å². The molecule has 1 aliphatic rings. The first-order chi connectivity index (χ1) is 8.48. The minimum atomic E-state index is -4.50. The maximum atomic E-state index is 12.6. The first-order valence-electron chi connectivity index (χ1n) is 6.33. The lowest BCUT2D eigenvalue weighted by molar-refractivity contribution is -0.129. The van der Waals surface area contributed by atoms with Gasteiger partial charge in [0.25, 0.3) is 0 Å². The zero-order valence-corrected chi connectivity index (χ0v) is 12.8. The standard InChI is InChI=1S/C12H23FN2O3S/c1-12(2,8-14(3)4)9-15-6-10(5-11(15)16)7-19(13,17)18/h10H,5-9H2,1-4H3. The third kappa shape index (κ3) is 5.86. The second-order valence-corrected chi connectivity index (χ2v) is 7.86. The van der Waals surface area contributed by atoms with Gasteiger partial charge in [-0.05, 0) is 19.5 Å². The number of hydrogen-bond acceptors (Lipinski definition) is 4. The number of hydrogen-bond donors (Lipinski definition) is 0. The van der Waals surface area contributed by atoms with E-state index in [4.69, 9.17) is 0 Å². The number of likely N-dealkylation sites (tertiary alicyclic amines) is 1. The summed E-state index contributed by atoms with van der Waals surface area (Å²) in [6, 6.07) is 0. The summed E-state index contributed by atoms with van der Waals surface area (Å²) in [5, 5.41) is 0. The molecule has 0 bridgehead atoms. The molecule has 0 aliphatic carbocycles. The van der Waals surface area contributed by atoms with E-state index in [9.17, 15) is 17.1 Å². The fourth-order valence-electron chi connectivity index (χ4n) is 2.82. The summed E-state index contributed by atoms with van der Waals surface area (Å²) in [6.07, 6.45) is 0.126. The van der Waals surface area contributed by atoms with Gasteiger partial charge >= 0.3 is 10.2 Å². The van der Waals surface area contributed by atoms with Gasteiger partial charge in [0, 0.05) is 32.0 Å². The van der Waals surface area contributed by atoms with Crippen LogP contribution in [0.4, 0.5) is 3.89 Å². The van der Waals surface area contributed by atoms with Crippen LogP contribution in [0, 0.1) is 11.3 Å². The topological polar surface area (TPSA) is 57.7 Å². The molecule has 112 valence electrons. The summed E-state index contributed by atoms with van der Waals surface area (Å²) in [6.45, 7) is 5.83. The highest BCUT2D eigenvalue weighted by molar-refractivity contribution is 7.86. The van der Waals surface area contributed by atoms with E-state index in [1.807, 2.05) is 19.0 Å². The molecule has 0 spiro atoms. The van der Waals surface area contributed by atoms with Crippen molar-refractivity contribution in [3.63, 3.8) is 0 Å². The summed E-state index contributed by atoms with van der Waals surface area (Å²) in [7, 11) is -0.576. The molecule has 5 nitrogen and oxygen atoms in total. The number of carbonyl (C=O) groups excluding carboxylic acids is 1. The van der Waals surface area contributed by atoms with E-state index in [1.54, 1.807) is 4.90 Å². The van der Waals surface area contributed by atoms with E-state index in [2.05, 4.69) is 13.8 Å². The molecule has 0 aromatic carbocycles. The molecule has 0 saturated carbocycles. The Balaban J connectivity index is 2.59. The van der Waals surface area contributed by atoms with Gasteiger partial charge in [0.15, 0.2) is 0 Å². The van der Waals surface area contributed by atoms with Gasteiger partial charge in [0.1, 0.15) is 0 Å². The Labute approximate surface area is 115 Å².